The Kier molecular flexibility index (Phi) is 4.93. The largest absolute Gasteiger partial charge is 0.489 e. The van der Waals surface area contributed by atoms with E-state index in [1.165, 1.54) is 11.6 Å². The van der Waals surface area contributed by atoms with Crippen molar-refractivity contribution in [1.82, 2.24) is 0 Å². The van der Waals surface area contributed by atoms with Crippen molar-refractivity contribution >= 4 is 0 Å². The average molecular weight is 260 g/mol. The van der Waals surface area contributed by atoms with E-state index in [0.29, 0.717) is 5.56 Å². The molecule has 0 saturated heterocycles. The number of ether oxygens (including phenoxy) is 1. The molecule has 3 heteroatoms. The van der Waals surface area contributed by atoms with Crippen molar-refractivity contribution in [2.24, 2.45) is 0 Å². The Labute approximate surface area is 113 Å². The number of nitrogens with two attached hydrogens (primary N) is 1. The zero-order valence-electron chi connectivity index (χ0n) is 11.1. The Balaban J connectivity index is 1.98. The van der Waals surface area contributed by atoms with Crippen LogP contribution in [0.3, 0.4) is 0 Å². The Bertz CT molecular complexity index is 528. The predicted molar refractivity (Wildman–Crippen MR) is 73.3 cm³/mol. The van der Waals surface area contributed by atoms with Crippen molar-refractivity contribution in [1.29, 1.82) is 0 Å². The Morgan fingerprint density at radius 3 is 2.74 bits per heavy atom. The molecule has 0 spiro atoms. The van der Waals surface area contributed by atoms with Crippen LogP contribution in [0.2, 0.25) is 0 Å². The van der Waals surface area contributed by atoms with Gasteiger partial charge >= 0.3 is 0 Å². The van der Waals surface area contributed by atoms with Gasteiger partial charge in [-0.3, -0.25) is 0 Å². The third-order valence-corrected chi connectivity index (χ3v) is 2.92. The highest BCUT2D eigenvalue weighted by Gasteiger charge is 2.02. The van der Waals surface area contributed by atoms with Gasteiger partial charge in [-0.2, -0.15) is 0 Å². The maximum atomic E-state index is 13.5. The quantitative estimate of drug-likeness (QED) is 0.848. The highest BCUT2D eigenvalue weighted by Crippen LogP contribution is 2.15. The topological polar surface area (TPSA) is 25.8 Å². The van der Waals surface area contributed by atoms with Crippen LogP contribution in [-0.2, 0) is 13.2 Å². The van der Waals surface area contributed by atoms with Gasteiger partial charge in [0.25, 0.3) is 0 Å². The van der Waals surface area contributed by atoms with Gasteiger partial charge in [0.15, 0.2) is 0 Å². The fourth-order valence-electron chi connectivity index (χ4n) is 1.85. The Hall–Kier alpha value is -1.87. The van der Waals surface area contributed by atoms with Gasteiger partial charge in [0, 0.05) is 11.1 Å². The Morgan fingerprint density at radius 2 is 1.95 bits per heavy atom. The van der Waals surface area contributed by atoms with Crippen LogP contribution in [0.5, 0.6) is 5.75 Å². The molecule has 0 atom stereocenters. The summed E-state index contributed by atoms with van der Waals surface area (Å²) in [6.07, 6.45) is 0. The molecule has 0 aromatic heterocycles. The first kappa shape index (κ1) is 13.6. The van der Waals surface area contributed by atoms with Crippen LogP contribution in [0.25, 0.3) is 0 Å². The summed E-state index contributed by atoms with van der Waals surface area (Å²) in [5.74, 6) is 0.559. The molecule has 0 aliphatic heterocycles. The molecule has 2 nitrogen and oxygen atoms in total. The van der Waals surface area contributed by atoms with E-state index in [4.69, 9.17) is 4.74 Å². The summed E-state index contributed by atoms with van der Waals surface area (Å²) in [5, 5.41) is 2.22. The molecule has 0 fully saturated rings. The van der Waals surface area contributed by atoms with Crippen LogP contribution in [0.1, 0.15) is 18.1 Å². The third-order valence-electron chi connectivity index (χ3n) is 2.92. The minimum atomic E-state index is -0.224. The summed E-state index contributed by atoms with van der Waals surface area (Å²) in [5.41, 5.74) is 1.79. The zero-order chi connectivity index (χ0) is 13.5. The lowest BCUT2D eigenvalue weighted by Gasteiger charge is -2.08. The number of quaternary nitrogens is 1. The molecule has 0 radical (unpaired) electrons. The second kappa shape index (κ2) is 6.90. The second-order valence-corrected chi connectivity index (χ2v) is 4.43. The van der Waals surface area contributed by atoms with Crippen LogP contribution in [-0.4, -0.2) is 6.54 Å². The second-order valence-electron chi connectivity index (χ2n) is 4.43. The van der Waals surface area contributed by atoms with Crippen LogP contribution in [0.4, 0.5) is 4.39 Å². The number of benzene rings is 2. The first-order valence-electron chi connectivity index (χ1n) is 6.56. The molecule has 0 unspecified atom stereocenters. The van der Waals surface area contributed by atoms with Gasteiger partial charge < -0.3 is 10.1 Å². The first-order valence-corrected chi connectivity index (χ1v) is 6.56. The van der Waals surface area contributed by atoms with E-state index in [9.17, 15) is 4.39 Å². The number of hydrogen-bond acceptors (Lipinski definition) is 1. The van der Waals surface area contributed by atoms with Crippen molar-refractivity contribution < 1.29 is 14.4 Å². The standard InChI is InChI=1S/C16H18FNO/c1-2-18-11-13-6-5-8-15(10-13)19-12-14-7-3-4-9-16(14)17/h3-10,18H,2,11-12H2,1H3/p+1. The molecule has 0 bridgehead atoms. The van der Waals surface area contributed by atoms with Gasteiger partial charge in [0.05, 0.1) is 6.54 Å². The van der Waals surface area contributed by atoms with Gasteiger partial charge in [-0.15, -0.1) is 0 Å². The van der Waals surface area contributed by atoms with E-state index >= 15 is 0 Å². The van der Waals surface area contributed by atoms with Crippen molar-refractivity contribution in [3.63, 3.8) is 0 Å². The van der Waals surface area contributed by atoms with E-state index < -0.39 is 0 Å². The maximum Gasteiger partial charge on any atom is 0.129 e. The van der Waals surface area contributed by atoms with E-state index in [1.807, 2.05) is 24.3 Å². The van der Waals surface area contributed by atoms with Gasteiger partial charge in [-0.05, 0) is 25.1 Å². The van der Waals surface area contributed by atoms with Crippen LogP contribution >= 0.6 is 0 Å². The maximum absolute atomic E-state index is 13.5. The number of rotatable bonds is 6. The summed E-state index contributed by atoms with van der Waals surface area (Å²) in [6, 6.07) is 14.6. The van der Waals surface area contributed by atoms with E-state index in [-0.39, 0.29) is 12.4 Å². The summed E-state index contributed by atoms with van der Waals surface area (Å²) < 4.78 is 19.1. The highest BCUT2D eigenvalue weighted by molar-refractivity contribution is 5.28. The van der Waals surface area contributed by atoms with Crippen LogP contribution in [0.15, 0.2) is 48.5 Å². The summed E-state index contributed by atoms with van der Waals surface area (Å²) in [7, 11) is 0. The number of hydrogen-bond donors (Lipinski definition) is 1. The van der Waals surface area contributed by atoms with Gasteiger partial charge in [-0.1, -0.05) is 30.3 Å². The molecular weight excluding hydrogens is 241 g/mol. The van der Waals surface area contributed by atoms with Crippen molar-refractivity contribution in [2.45, 2.75) is 20.1 Å². The fourth-order valence-corrected chi connectivity index (χ4v) is 1.85. The SMILES string of the molecule is CC[NH2+]Cc1cccc(OCc2ccccc2F)c1. The van der Waals surface area contributed by atoms with Gasteiger partial charge in [-0.25, -0.2) is 4.39 Å². The molecule has 2 aromatic carbocycles. The Morgan fingerprint density at radius 1 is 1.11 bits per heavy atom. The summed E-state index contributed by atoms with van der Waals surface area (Å²) >= 11 is 0. The highest BCUT2D eigenvalue weighted by atomic mass is 19.1. The molecule has 2 aromatic rings. The molecule has 2 rings (SSSR count). The third kappa shape index (κ3) is 4.07. The van der Waals surface area contributed by atoms with Gasteiger partial charge in [0.2, 0.25) is 0 Å². The molecule has 2 N–H and O–H groups in total. The fraction of sp³-hybridized carbons (Fsp3) is 0.250. The van der Waals surface area contributed by atoms with Crippen LogP contribution < -0.4 is 10.1 Å². The van der Waals surface area contributed by atoms with E-state index in [2.05, 4.69) is 18.3 Å². The zero-order valence-corrected chi connectivity index (χ0v) is 11.1. The lowest BCUT2D eigenvalue weighted by Crippen LogP contribution is -2.81. The van der Waals surface area contributed by atoms with Crippen molar-refractivity contribution in [2.75, 3.05) is 6.54 Å². The molecule has 19 heavy (non-hydrogen) atoms. The molecule has 0 amide bonds. The smallest absolute Gasteiger partial charge is 0.129 e. The molecule has 0 aliphatic rings. The van der Waals surface area contributed by atoms with E-state index in [0.717, 1.165) is 18.8 Å². The van der Waals surface area contributed by atoms with Crippen molar-refractivity contribution in [3.8, 4) is 5.75 Å². The monoisotopic (exact) mass is 260 g/mol. The average Bonchev–Trinajstić information content (AvgIpc) is 2.45. The minimum absolute atomic E-state index is 0.224. The molecule has 0 heterocycles. The minimum Gasteiger partial charge on any atom is -0.489 e. The van der Waals surface area contributed by atoms with Crippen molar-refractivity contribution in [3.05, 3.63) is 65.5 Å². The molecule has 100 valence electrons. The lowest BCUT2D eigenvalue weighted by atomic mass is 10.2. The predicted octanol–water partition coefficient (Wildman–Crippen LogP) is 2.49. The van der Waals surface area contributed by atoms with E-state index in [1.54, 1.807) is 12.1 Å². The number of halogens is 1. The lowest BCUT2D eigenvalue weighted by molar-refractivity contribution is -0.667. The molecule has 0 saturated carbocycles. The van der Waals surface area contributed by atoms with Crippen LogP contribution in [0, 0.1) is 5.82 Å². The normalized spacial score (nSPS) is 10.4. The summed E-state index contributed by atoms with van der Waals surface area (Å²) in [6.45, 7) is 4.37. The first-order chi connectivity index (χ1) is 9.29. The summed E-state index contributed by atoms with van der Waals surface area (Å²) in [4.78, 5) is 0. The molecular formula is C16H19FNO+. The molecule has 0 aliphatic carbocycles. The van der Waals surface area contributed by atoms with Gasteiger partial charge in [0.1, 0.15) is 24.7 Å².